The van der Waals surface area contributed by atoms with Crippen LogP contribution in [0.15, 0.2) is 63.2 Å². The van der Waals surface area contributed by atoms with E-state index in [1.165, 1.54) is 153 Å². The maximum atomic E-state index is 10.6. The van der Waals surface area contributed by atoms with Gasteiger partial charge in [-0.05, 0) is 134 Å². The number of nitrogens with one attached hydrogen (secondary N) is 2. The van der Waals surface area contributed by atoms with Crippen LogP contribution < -0.4 is 40.4 Å². The van der Waals surface area contributed by atoms with Gasteiger partial charge in [0.2, 0.25) is 0 Å². The Hall–Kier alpha value is -0.156. The maximum absolute atomic E-state index is 10.6. The number of benzene rings is 3. The van der Waals surface area contributed by atoms with E-state index in [9.17, 15) is 30.6 Å². The van der Waals surface area contributed by atoms with Crippen LogP contribution in [0, 0.1) is 0 Å². The van der Waals surface area contributed by atoms with Crippen LogP contribution in [-0.4, -0.2) is 39.3 Å². The fourth-order valence-corrected chi connectivity index (χ4v) is 6.78. The first-order valence-corrected chi connectivity index (χ1v) is 24.4. The summed E-state index contributed by atoms with van der Waals surface area (Å²) >= 11 is 18.6. The summed E-state index contributed by atoms with van der Waals surface area (Å²) in [5, 5.41) is 63.8. The standard InChI is InChI=1S/2C12H27N.3C6H4Br2O2.V/c2*1-4-7-10-13(11-8-5-2)12-9-6-3;3*7-3-1-5(9)6(10)2-4(3)8;/h2*4-12H2,1-3H3;3*1-2,9-10H;/q;;;;;+4/p-4. The minimum absolute atomic E-state index is 0. The first-order chi connectivity index (χ1) is 26.5. The SMILES string of the molecule is CCCC[NH+](CCCC)CCCC.CCCC[NH+](CCCC)CCCC.[O-]c1cc(Br)c(Br)cc1[O-].[O-]c1cc(Br)c(Br)cc1[O-].[O-]c1cc(Br)c(Br)cc1[O-].[V+4]. The van der Waals surface area contributed by atoms with Gasteiger partial charge in [0.05, 0.1) is 39.3 Å². The summed E-state index contributed by atoms with van der Waals surface area (Å²) in [6.45, 7) is 22.1. The molecule has 0 aliphatic heterocycles. The van der Waals surface area contributed by atoms with E-state index < -0.39 is 34.5 Å². The van der Waals surface area contributed by atoms with Gasteiger partial charge in [-0.3, -0.25) is 0 Å². The number of hydrogen-bond donors (Lipinski definition) is 2. The summed E-state index contributed by atoms with van der Waals surface area (Å²) in [5.41, 5.74) is 0. The van der Waals surface area contributed by atoms with Crippen molar-refractivity contribution in [3.05, 3.63) is 63.2 Å². The zero-order chi connectivity index (χ0) is 43.1. The van der Waals surface area contributed by atoms with E-state index in [0.717, 1.165) is 0 Å². The summed E-state index contributed by atoms with van der Waals surface area (Å²) in [6, 6.07) is 7.45. The number of unbranched alkanes of at least 4 members (excludes halogenated alkanes) is 6. The fraction of sp³-hybridized carbons (Fsp3) is 0.571. The van der Waals surface area contributed by atoms with Crippen molar-refractivity contribution in [1.29, 1.82) is 0 Å². The van der Waals surface area contributed by atoms with Crippen LogP contribution in [-0.2, 0) is 18.6 Å². The van der Waals surface area contributed by atoms with E-state index in [4.69, 9.17) is 0 Å². The Morgan fingerprint density at radius 2 is 0.439 bits per heavy atom. The molecule has 0 spiro atoms. The Morgan fingerprint density at radius 3 is 0.544 bits per heavy atom. The number of hydrogen-bond acceptors (Lipinski definition) is 6. The molecular formula is C42H62Br6N2O6V. The van der Waals surface area contributed by atoms with Crippen LogP contribution >= 0.6 is 95.6 Å². The topological polar surface area (TPSA) is 147 Å². The molecular weight excluding hydrogens is 1160 g/mol. The van der Waals surface area contributed by atoms with Gasteiger partial charge in [-0.2, -0.15) is 0 Å². The van der Waals surface area contributed by atoms with Gasteiger partial charge in [0, 0.05) is 26.8 Å². The van der Waals surface area contributed by atoms with Crippen molar-refractivity contribution in [3.8, 4) is 34.5 Å². The van der Waals surface area contributed by atoms with Gasteiger partial charge >= 0.3 is 18.6 Å². The van der Waals surface area contributed by atoms with E-state index in [0.29, 0.717) is 26.8 Å². The molecule has 0 amide bonds. The number of rotatable bonds is 18. The summed E-state index contributed by atoms with van der Waals surface area (Å²) in [6.07, 6.45) is 16.5. The van der Waals surface area contributed by atoms with Crippen LogP contribution in [0.5, 0.6) is 34.5 Å². The Kier molecular flexibility index (Phi) is 41.6. The molecule has 1 radical (unpaired) electrons. The maximum Gasteiger partial charge on any atom is 4.00 e. The molecule has 3 rings (SSSR count). The molecule has 0 unspecified atom stereocenters. The van der Waals surface area contributed by atoms with E-state index in [2.05, 4.69) is 137 Å². The first kappa shape index (κ1) is 61.1. The zero-order valence-electron chi connectivity index (χ0n) is 34.4. The Balaban J connectivity index is -0.000000639. The second kappa shape index (κ2) is 38.7. The molecule has 0 aliphatic carbocycles. The average molecular weight is 1220 g/mol. The van der Waals surface area contributed by atoms with Gasteiger partial charge in [0.25, 0.3) is 0 Å². The Bertz CT molecular complexity index is 1120. The molecule has 0 aromatic heterocycles. The number of halogens is 6. The van der Waals surface area contributed by atoms with E-state index in [1.807, 2.05) is 9.80 Å². The predicted octanol–water partition coefficient (Wildman–Crippen LogP) is 8.62. The van der Waals surface area contributed by atoms with Gasteiger partial charge in [-0.25, -0.2) is 0 Å². The van der Waals surface area contributed by atoms with Crippen molar-refractivity contribution >= 4 is 95.6 Å². The first-order valence-electron chi connectivity index (χ1n) is 19.7. The van der Waals surface area contributed by atoms with Gasteiger partial charge in [0.1, 0.15) is 0 Å². The third-order valence-corrected chi connectivity index (χ3v) is 13.8. The zero-order valence-corrected chi connectivity index (χ0v) is 45.3. The summed E-state index contributed by atoms with van der Waals surface area (Å²) in [5.74, 6) is -2.94. The minimum atomic E-state index is -0.491. The summed E-state index contributed by atoms with van der Waals surface area (Å²) in [4.78, 5) is 3.68. The van der Waals surface area contributed by atoms with Crippen molar-refractivity contribution in [2.45, 2.75) is 119 Å². The molecule has 8 nitrogen and oxygen atoms in total. The molecule has 57 heavy (non-hydrogen) atoms. The predicted molar refractivity (Wildman–Crippen MR) is 243 cm³/mol. The molecule has 0 aliphatic rings. The van der Waals surface area contributed by atoms with Gasteiger partial charge in [0.15, 0.2) is 0 Å². The number of quaternary nitrogens is 2. The smallest absolute Gasteiger partial charge is 0.873 e. The van der Waals surface area contributed by atoms with Gasteiger partial charge in [-0.1, -0.05) is 116 Å². The van der Waals surface area contributed by atoms with Crippen molar-refractivity contribution < 1.29 is 59.0 Å². The van der Waals surface area contributed by atoms with Crippen LogP contribution in [0.4, 0.5) is 0 Å². The van der Waals surface area contributed by atoms with Crippen molar-refractivity contribution in [1.82, 2.24) is 0 Å². The molecule has 0 bridgehead atoms. The molecule has 0 saturated carbocycles. The van der Waals surface area contributed by atoms with Crippen LogP contribution in [0.25, 0.3) is 0 Å². The Labute approximate surface area is 406 Å². The Morgan fingerprint density at radius 1 is 0.316 bits per heavy atom. The molecule has 3 aromatic carbocycles. The van der Waals surface area contributed by atoms with Gasteiger partial charge < -0.3 is 40.4 Å². The normalized spacial score (nSPS) is 10.2. The van der Waals surface area contributed by atoms with Crippen molar-refractivity contribution in [2.75, 3.05) is 39.3 Å². The molecule has 2 N–H and O–H groups in total. The van der Waals surface area contributed by atoms with Crippen LogP contribution in [0.1, 0.15) is 119 Å². The van der Waals surface area contributed by atoms with E-state index in [1.54, 1.807) is 0 Å². The molecule has 0 saturated heterocycles. The van der Waals surface area contributed by atoms with E-state index >= 15 is 0 Å². The molecule has 15 heteroatoms. The second-order valence-electron chi connectivity index (χ2n) is 13.3. The monoisotopic (exact) mass is 1210 g/mol. The van der Waals surface area contributed by atoms with Crippen LogP contribution in [0.2, 0.25) is 0 Å². The molecule has 0 heterocycles. The molecule has 3 aromatic rings. The third-order valence-electron chi connectivity index (χ3n) is 8.26. The van der Waals surface area contributed by atoms with Crippen LogP contribution in [0.3, 0.4) is 0 Å². The molecule has 323 valence electrons. The average Bonchev–Trinajstić information content (AvgIpc) is 3.16. The van der Waals surface area contributed by atoms with Gasteiger partial charge in [-0.15, -0.1) is 34.5 Å². The van der Waals surface area contributed by atoms with Crippen molar-refractivity contribution in [2.24, 2.45) is 0 Å². The largest absolute Gasteiger partial charge is 4.00 e. The quantitative estimate of drug-likeness (QED) is 0.131. The molecule has 0 atom stereocenters. The van der Waals surface area contributed by atoms with Crippen molar-refractivity contribution in [3.63, 3.8) is 0 Å². The van der Waals surface area contributed by atoms with E-state index in [-0.39, 0.29) is 18.6 Å². The minimum Gasteiger partial charge on any atom is -0.873 e. The second-order valence-corrected chi connectivity index (χ2v) is 18.4. The molecule has 0 fully saturated rings. The third kappa shape index (κ3) is 31.4. The fourth-order valence-electron chi connectivity index (χ4n) is 4.84. The summed E-state index contributed by atoms with van der Waals surface area (Å²) < 4.78 is 3.65. The summed E-state index contributed by atoms with van der Waals surface area (Å²) in [7, 11) is 0.